The van der Waals surface area contributed by atoms with E-state index < -0.39 is 12.4 Å². The molecule has 1 rings (SSSR count). The second-order valence-electron chi connectivity index (χ2n) is 3.13. The van der Waals surface area contributed by atoms with Crippen molar-refractivity contribution in [2.45, 2.75) is 11.8 Å². The summed E-state index contributed by atoms with van der Waals surface area (Å²) in [6.45, 7) is 0. The first kappa shape index (κ1) is 13.6. The number of rotatable bonds is 3. The SMILES string of the molecule is COC(=O)c1cc(C#N)cc(C(F)F)c1CBr. The van der Waals surface area contributed by atoms with E-state index in [4.69, 9.17) is 5.26 Å². The number of hydrogen-bond acceptors (Lipinski definition) is 3. The van der Waals surface area contributed by atoms with Gasteiger partial charge in [0.25, 0.3) is 6.43 Å². The molecule has 0 aliphatic heterocycles. The lowest BCUT2D eigenvalue weighted by molar-refractivity contribution is 0.0599. The maximum atomic E-state index is 12.8. The van der Waals surface area contributed by atoms with Crippen LogP contribution in [0.2, 0.25) is 0 Å². The number of ether oxygens (including phenoxy) is 1. The van der Waals surface area contributed by atoms with Crippen molar-refractivity contribution in [3.05, 3.63) is 34.4 Å². The summed E-state index contributed by atoms with van der Waals surface area (Å²) in [5, 5.41) is 8.81. The minimum atomic E-state index is -2.75. The van der Waals surface area contributed by atoms with Gasteiger partial charge in [-0.2, -0.15) is 5.26 Å². The number of nitrogens with zero attached hydrogens (tertiary/aromatic N) is 1. The molecule has 17 heavy (non-hydrogen) atoms. The van der Waals surface area contributed by atoms with E-state index in [0.717, 1.165) is 13.2 Å². The summed E-state index contributed by atoms with van der Waals surface area (Å²) in [6, 6.07) is 4.06. The van der Waals surface area contributed by atoms with E-state index in [1.54, 1.807) is 6.07 Å². The summed E-state index contributed by atoms with van der Waals surface area (Å²) in [7, 11) is 1.15. The van der Waals surface area contributed by atoms with E-state index in [9.17, 15) is 13.6 Å². The van der Waals surface area contributed by atoms with Gasteiger partial charge in [0, 0.05) is 10.9 Å². The van der Waals surface area contributed by atoms with Gasteiger partial charge in [-0.1, -0.05) is 15.9 Å². The average molecular weight is 304 g/mol. The smallest absolute Gasteiger partial charge is 0.338 e. The molecule has 0 unspecified atom stereocenters. The molecule has 0 heterocycles. The molecule has 0 atom stereocenters. The van der Waals surface area contributed by atoms with Gasteiger partial charge in [-0.3, -0.25) is 0 Å². The van der Waals surface area contributed by atoms with Gasteiger partial charge in [-0.05, 0) is 17.7 Å². The number of alkyl halides is 3. The lowest BCUT2D eigenvalue weighted by Gasteiger charge is -2.11. The number of nitriles is 1. The van der Waals surface area contributed by atoms with Crippen molar-refractivity contribution >= 4 is 21.9 Å². The third-order valence-corrected chi connectivity index (χ3v) is 2.75. The molecule has 0 fully saturated rings. The Labute approximate surface area is 105 Å². The molecular weight excluding hydrogens is 296 g/mol. The molecule has 0 aliphatic rings. The largest absolute Gasteiger partial charge is 0.465 e. The molecule has 0 spiro atoms. The lowest BCUT2D eigenvalue weighted by Crippen LogP contribution is -2.08. The van der Waals surface area contributed by atoms with Crippen molar-refractivity contribution in [3.8, 4) is 6.07 Å². The van der Waals surface area contributed by atoms with Crippen molar-refractivity contribution in [2.24, 2.45) is 0 Å². The third-order valence-electron chi connectivity index (χ3n) is 2.19. The van der Waals surface area contributed by atoms with Crippen LogP contribution in [-0.2, 0) is 10.1 Å². The zero-order valence-electron chi connectivity index (χ0n) is 8.84. The van der Waals surface area contributed by atoms with Crippen LogP contribution in [0.3, 0.4) is 0 Å². The normalized spacial score (nSPS) is 10.1. The number of halogens is 3. The molecule has 0 saturated carbocycles. The van der Waals surface area contributed by atoms with Gasteiger partial charge in [0.15, 0.2) is 0 Å². The Balaban J connectivity index is 3.51. The molecule has 0 aromatic heterocycles. The maximum Gasteiger partial charge on any atom is 0.338 e. The van der Waals surface area contributed by atoms with Gasteiger partial charge >= 0.3 is 5.97 Å². The fraction of sp³-hybridized carbons (Fsp3) is 0.273. The van der Waals surface area contributed by atoms with Crippen LogP contribution in [0, 0.1) is 11.3 Å². The Kier molecular flexibility index (Phi) is 4.58. The van der Waals surface area contributed by atoms with Crippen LogP contribution in [0.15, 0.2) is 12.1 Å². The molecule has 3 nitrogen and oxygen atoms in total. The molecule has 0 aliphatic carbocycles. The standard InChI is InChI=1S/C11H8BrF2NO2/c1-17-11(16)8-3-6(5-15)2-7(10(13)14)9(8)4-12/h2-3,10H,4H2,1H3. The van der Waals surface area contributed by atoms with Crippen LogP contribution in [-0.4, -0.2) is 13.1 Å². The summed E-state index contributed by atoms with van der Waals surface area (Å²) >= 11 is 3.05. The van der Waals surface area contributed by atoms with E-state index in [-0.39, 0.29) is 27.6 Å². The summed E-state index contributed by atoms with van der Waals surface area (Å²) < 4.78 is 30.1. The quantitative estimate of drug-likeness (QED) is 0.636. The van der Waals surface area contributed by atoms with Gasteiger partial charge in [0.05, 0.1) is 24.3 Å². The predicted octanol–water partition coefficient (Wildman–Crippen LogP) is 3.18. The number of esters is 1. The van der Waals surface area contributed by atoms with Crippen LogP contribution in [0.1, 0.15) is 33.5 Å². The minimum Gasteiger partial charge on any atom is -0.465 e. The second-order valence-corrected chi connectivity index (χ2v) is 3.69. The average Bonchev–Trinajstić information content (AvgIpc) is 2.35. The molecule has 6 heteroatoms. The highest BCUT2D eigenvalue weighted by molar-refractivity contribution is 9.08. The van der Waals surface area contributed by atoms with Gasteiger partial charge < -0.3 is 4.74 Å². The minimum absolute atomic E-state index is 0.00500. The van der Waals surface area contributed by atoms with Crippen molar-refractivity contribution in [1.29, 1.82) is 5.26 Å². The van der Waals surface area contributed by atoms with Gasteiger partial charge in [-0.15, -0.1) is 0 Å². The lowest BCUT2D eigenvalue weighted by atomic mass is 9.99. The highest BCUT2D eigenvalue weighted by Crippen LogP contribution is 2.29. The first-order chi connectivity index (χ1) is 8.04. The molecular formula is C11H8BrF2NO2. The van der Waals surface area contributed by atoms with Gasteiger partial charge in [0.2, 0.25) is 0 Å². The van der Waals surface area contributed by atoms with Crippen molar-refractivity contribution in [2.75, 3.05) is 7.11 Å². The highest BCUT2D eigenvalue weighted by atomic mass is 79.9. The molecule has 0 amide bonds. The van der Waals surface area contributed by atoms with E-state index in [1.165, 1.54) is 6.07 Å². The van der Waals surface area contributed by atoms with E-state index in [1.807, 2.05) is 0 Å². The Morgan fingerprint density at radius 1 is 1.59 bits per heavy atom. The summed E-state index contributed by atoms with van der Waals surface area (Å²) in [5.74, 6) is -0.738. The van der Waals surface area contributed by atoms with Crippen LogP contribution in [0.5, 0.6) is 0 Å². The zero-order chi connectivity index (χ0) is 13.0. The number of benzene rings is 1. The van der Waals surface area contributed by atoms with Crippen LogP contribution < -0.4 is 0 Å². The predicted molar refractivity (Wildman–Crippen MR) is 60.1 cm³/mol. The number of carbonyl (C=O) groups is 1. The van der Waals surface area contributed by atoms with E-state index >= 15 is 0 Å². The Morgan fingerprint density at radius 3 is 2.65 bits per heavy atom. The van der Waals surface area contributed by atoms with Crippen LogP contribution in [0.4, 0.5) is 8.78 Å². The van der Waals surface area contributed by atoms with Crippen LogP contribution >= 0.6 is 15.9 Å². The van der Waals surface area contributed by atoms with E-state index in [2.05, 4.69) is 20.7 Å². The molecule has 0 saturated heterocycles. The number of methoxy groups -OCH3 is 1. The topological polar surface area (TPSA) is 50.1 Å². The van der Waals surface area contributed by atoms with Crippen LogP contribution in [0.25, 0.3) is 0 Å². The Hall–Kier alpha value is -1.48. The van der Waals surface area contributed by atoms with Crippen molar-refractivity contribution in [1.82, 2.24) is 0 Å². The molecule has 0 radical (unpaired) electrons. The summed E-state index contributed by atoms with van der Waals surface area (Å²) in [5.41, 5.74) is -0.198. The first-order valence-corrected chi connectivity index (χ1v) is 5.66. The first-order valence-electron chi connectivity index (χ1n) is 4.54. The molecule has 0 bridgehead atoms. The molecule has 90 valence electrons. The molecule has 0 N–H and O–H groups in total. The summed E-state index contributed by atoms with van der Waals surface area (Å²) in [4.78, 5) is 11.4. The Bertz CT molecular complexity index is 483. The van der Waals surface area contributed by atoms with Gasteiger partial charge in [0.1, 0.15) is 0 Å². The number of hydrogen-bond donors (Lipinski definition) is 0. The zero-order valence-corrected chi connectivity index (χ0v) is 10.4. The van der Waals surface area contributed by atoms with Gasteiger partial charge in [-0.25, -0.2) is 13.6 Å². The Morgan fingerprint density at radius 2 is 2.24 bits per heavy atom. The summed E-state index contributed by atoms with van der Waals surface area (Å²) in [6.07, 6.45) is -2.75. The van der Waals surface area contributed by atoms with Crippen molar-refractivity contribution < 1.29 is 18.3 Å². The maximum absolute atomic E-state index is 12.8. The number of carbonyl (C=O) groups excluding carboxylic acids is 1. The van der Waals surface area contributed by atoms with E-state index in [0.29, 0.717) is 0 Å². The molecule has 1 aromatic rings. The fourth-order valence-corrected chi connectivity index (χ4v) is 2.02. The fourth-order valence-electron chi connectivity index (χ4n) is 1.39. The van der Waals surface area contributed by atoms with Crippen molar-refractivity contribution in [3.63, 3.8) is 0 Å². The third kappa shape index (κ3) is 2.80. The monoisotopic (exact) mass is 303 g/mol. The highest BCUT2D eigenvalue weighted by Gasteiger charge is 2.21. The second kappa shape index (κ2) is 5.73. The molecule has 1 aromatic carbocycles.